The Morgan fingerprint density at radius 2 is 1.93 bits per heavy atom. The average Bonchev–Trinajstić information content (AvgIpc) is 2.18. The van der Waals surface area contributed by atoms with Crippen LogP contribution in [-0.2, 0) is 14.3 Å². The van der Waals surface area contributed by atoms with Gasteiger partial charge in [0.25, 0.3) is 0 Å². The summed E-state index contributed by atoms with van der Waals surface area (Å²) < 4.78 is 5.12. The number of nitrogens with one attached hydrogen (secondary N) is 1. The highest BCUT2D eigenvalue weighted by atomic mass is 16.5. The molecular formula is C9H17N3O3. The number of rotatable bonds is 4. The van der Waals surface area contributed by atoms with Crippen LogP contribution in [0.15, 0.2) is 0 Å². The first-order chi connectivity index (χ1) is 7.04. The van der Waals surface area contributed by atoms with Crippen molar-refractivity contribution in [2.75, 3.05) is 19.8 Å². The van der Waals surface area contributed by atoms with Crippen LogP contribution in [0.5, 0.6) is 0 Å². The summed E-state index contributed by atoms with van der Waals surface area (Å²) in [5.74, 6) is -0.666. The van der Waals surface area contributed by atoms with E-state index in [0.717, 1.165) is 0 Å². The molecule has 5 N–H and O–H groups in total. The third-order valence-electron chi connectivity index (χ3n) is 2.49. The first kappa shape index (κ1) is 11.9. The van der Waals surface area contributed by atoms with Gasteiger partial charge in [0.15, 0.2) is 0 Å². The monoisotopic (exact) mass is 215 g/mol. The molecule has 6 nitrogen and oxygen atoms in total. The van der Waals surface area contributed by atoms with Crippen LogP contribution in [0, 0.1) is 0 Å². The molecule has 0 spiro atoms. The second-order valence-corrected chi connectivity index (χ2v) is 3.74. The highest BCUT2D eigenvalue weighted by Gasteiger charge is 2.35. The SMILES string of the molecule is NC(=O)CCNC(=O)C1(N)CCOCC1. The van der Waals surface area contributed by atoms with Gasteiger partial charge in [-0.3, -0.25) is 9.59 Å². The van der Waals surface area contributed by atoms with Crippen LogP contribution in [0.25, 0.3) is 0 Å². The number of carbonyl (C=O) groups excluding carboxylic acids is 2. The van der Waals surface area contributed by atoms with E-state index < -0.39 is 11.4 Å². The molecule has 0 unspecified atom stereocenters. The van der Waals surface area contributed by atoms with E-state index >= 15 is 0 Å². The molecule has 15 heavy (non-hydrogen) atoms. The summed E-state index contributed by atoms with van der Waals surface area (Å²) in [5.41, 5.74) is 10.0. The van der Waals surface area contributed by atoms with E-state index in [-0.39, 0.29) is 18.9 Å². The Labute approximate surface area is 88.3 Å². The molecule has 0 saturated carbocycles. The first-order valence-electron chi connectivity index (χ1n) is 4.98. The van der Waals surface area contributed by atoms with Gasteiger partial charge >= 0.3 is 0 Å². The number of carbonyl (C=O) groups is 2. The maximum Gasteiger partial charge on any atom is 0.240 e. The quantitative estimate of drug-likeness (QED) is 0.529. The zero-order valence-electron chi connectivity index (χ0n) is 8.62. The minimum absolute atomic E-state index is 0.137. The van der Waals surface area contributed by atoms with Crippen molar-refractivity contribution in [3.63, 3.8) is 0 Å². The molecule has 1 fully saturated rings. The molecule has 0 aromatic carbocycles. The summed E-state index contributed by atoms with van der Waals surface area (Å²) in [4.78, 5) is 22.1. The fraction of sp³-hybridized carbons (Fsp3) is 0.778. The van der Waals surface area contributed by atoms with Gasteiger partial charge in [0.2, 0.25) is 11.8 Å². The van der Waals surface area contributed by atoms with E-state index in [4.69, 9.17) is 16.2 Å². The number of ether oxygens (including phenoxy) is 1. The van der Waals surface area contributed by atoms with E-state index in [0.29, 0.717) is 26.1 Å². The molecule has 86 valence electrons. The molecule has 0 radical (unpaired) electrons. The second-order valence-electron chi connectivity index (χ2n) is 3.74. The van der Waals surface area contributed by atoms with E-state index in [2.05, 4.69) is 5.32 Å². The summed E-state index contributed by atoms with van der Waals surface area (Å²) in [7, 11) is 0. The molecule has 1 saturated heterocycles. The fourth-order valence-electron chi connectivity index (χ4n) is 1.44. The summed E-state index contributed by atoms with van der Waals surface area (Å²) in [5, 5.41) is 2.60. The van der Waals surface area contributed by atoms with Crippen LogP contribution in [0.4, 0.5) is 0 Å². The van der Waals surface area contributed by atoms with Gasteiger partial charge in [-0.05, 0) is 12.8 Å². The van der Waals surface area contributed by atoms with Gasteiger partial charge in [-0.25, -0.2) is 0 Å². The third kappa shape index (κ3) is 3.49. The molecule has 1 rings (SSSR count). The number of amides is 2. The van der Waals surface area contributed by atoms with Crippen molar-refractivity contribution in [1.29, 1.82) is 0 Å². The Hall–Kier alpha value is -1.14. The average molecular weight is 215 g/mol. The predicted octanol–water partition coefficient (Wildman–Crippen LogP) is -1.51. The lowest BCUT2D eigenvalue weighted by atomic mass is 9.90. The number of primary amides is 1. The molecule has 1 aliphatic rings. The highest BCUT2D eigenvalue weighted by molar-refractivity contribution is 5.86. The number of hydrogen-bond acceptors (Lipinski definition) is 4. The zero-order valence-corrected chi connectivity index (χ0v) is 8.62. The maximum atomic E-state index is 11.7. The molecule has 0 aromatic rings. The molecule has 0 aromatic heterocycles. The van der Waals surface area contributed by atoms with Gasteiger partial charge in [0, 0.05) is 26.2 Å². The normalized spacial score (nSPS) is 19.5. The largest absolute Gasteiger partial charge is 0.381 e. The maximum absolute atomic E-state index is 11.7. The number of hydrogen-bond donors (Lipinski definition) is 3. The minimum atomic E-state index is -0.851. The van der Waals surface area contributed by atoms with Gasteiger partial charge in [0.05, 0.1) is 5.54 Å². The summed E-state index contributed by atoms with van der Waals surface area (Å²) >= 11 is 0. The predicted molar refractivity (Wildman–Crippen MR) is 53.8 cm³/mol. The lowest BCUT2D eigenvalue weighted by molar-refractivity contribution is -0.129. The molecule has 0 aliphatic carbocycles. The van der Waals surface area contributed by atoms with Crippen molar-refractivity contribution in [2.24, 2.45) is 11.5 Å². The molecule has 0 atom stereocenters. The van der Waals surface area contributed by atoms with Crippen LogP contribution >= 0.6 is 0 Å². The summed E-state index contributed by atoms with van der Waals surface area (Å²) in [6, 6.07) is 0. The fourth-order valence-corrected chi connectivity index (χ4v) is 1.44. The van der Waals surface area contributed by atoms with Gasteiger partial charge in [-0.1, -0.05) is 0 Å². The summed E-state index contributed by atoms with van der Waals surface area (Å²) in [6.07, 6.45) is 1.16. The molecule has 1 aliphatic heterocycles. The van der Waals surface area contributed by atoms with E-state index in [9.17, 15) is 9.59 Å². The topological polar surface area (TPSA) is 107 Å². The van der Waals surface area contributed by atoms with E-state index in [1.54, 1.807) is 0 Å². The highest BCUT2D eigenvalue weighted by Crippen LogP contribution is 2.17. The smallest absolute Gasteiger partial charge is 0.240 e. The van der Waals surface area contributed by atoms with Crippen LogP contribution in [0.1, 0.15) is 19.3 Å². The van der Waals surface area contributed by atoms with Crippen molar-refractivity contribution < 1.29 is 14.3 Å². The lowest BCUT2D eigenvalue weighted by Crippen LogP contribution is -2.57. The molecule has 2 amide bonds. The molecule has 0 bridgehead atoms. The first-order valence-corrected chi connectivity index (χ1v) is 4.98. The van der Waals surface area contributed by atoms with Gasteiger partial charge in [-0.2, -0.15) is 0 Å². The Bertz CT molecular complexity index is 249. The van der Waals surface area contributed by atoms with Crippen LogP contribution in [0.3, 0.4) is 0 Å². The Balaban J connectivity index is 2.34. The van der Waals surface area contributed by atoms with Crippen LogP contribution in [0.2, 0.25) is 0 Å². The third-order valence-corrected chi connectivity index (χ3v) is 2.49. The molecule has 1 heterocycles. The zero-order chi connectivity index (χ0) is 11.3. The molecular weight excluding hydrogens is 198 g/mol. The van der Waals surface area contributed by atoms with Gasteiger partial charge in [0.1, 0.15) is 0 Å². The Morgan fingerprint density at radius 3 is 2.47 bits per heavy atom. The number of nitrogens with two attached hydrogens (primary N) is 2. The van der Waals surface area contributed by atoms with E-state index in [1.807, 2.05) is 0 Å². The Morgan fingerprint density at radius 1 is 1.33 bits per heavy atom. The van der Waals surface area contributed by atoms with Gasteiger partial charge < -0.3 is 21.5 Å². The second kappa shape index (κ2) is 5.09. The minimum Gasteiger partial charge on any atom is -0.381 e. The lowest BCUT2D eigenvalue weighted by Gasteiger charge is -2.31. The molecule has 6 heteroatoms. The van der Waals surface area contributed by atoms with E-state index in [1.165, 1.54) is 0 Å². The van der Waals surface area contributed by atoms with Crippen molar-refractivity contribution in [2.45, 2.75) is 24.8 Å². The standard InChI is InChI=1S/C9H17N3O3/c10-7(13)1-4-12-8(14)9(11)2-5-15-6-3-9/h1-6,11H2,(H2,10,13)(H,12,14). The van der Waals surface area contributed by atoms with Crippen molar-refractivity contribution in [3.8, 4) is 0 Å². The van der Waals surface area contributed by atoms with Crippen molar-refractivity contribution in [3.05, 3.63) is 0 Å². The van der Waals surface area contributed by atoms with Crippen molar-refractivity contribution in [1.82, 2.24) is 5.32 Å². The van der Waals surface area contributed by atoms with Crippen molar-refractivity contribution >= 4 is 11.8 Å². The van der Waals surface area contributed by atoms with Crippen LogP contribution < -0.4 is 16.8 Å². The van der Waals surface area contributed by atoms with Gasteiger partial charge in [-0.15, -0.1) is 0 Å². The van der Waals surface area contributed by atoms with Crippen LogP contribution in [-0.4, -0.2) is 37.1 Å². The Kier molecular flexibility index (Phi) is 4.05. The summed E-state index contributed by atoms with van der Waals surface area (Å²) in [6.45, 7) is 1.24.